The summed E-state index contributed by atoms with van der Waals surface area (Å²) in [6.07, 6.45) is 7.45. The molecule has 4 rings (SSSR count). The highest BCUT2D eigenvalue weighted by atomic mass is 15.6. The van der Waals surface area contributed by atoms with Crippen molar-refractivity contribution in [3.05, 3.63) is 41.7 Å². The third kappa shape index (κ3) is 3.92. The van der Waals surface area contributed by atoms with Crippen LogP contribution in [0, 0.1) is 0 Å². The molecule has 6 heteroatoms. The summed E-state index contributed by atoms with van der Waals surface area (Å²) in [5.41, 5.74) is 1.25. The van der Waals surface area contributed by atoms with Crippen LogP contribution in [0.3, 0.4) is 0 Å². The van der Waals surface area contributed by atoms with Crippen LogP contribution >= 0.6 is 0 Å². The highest BCUT2D eigenvalue weighted by Crippen LogP contribution is 2.41. The second-order valence-electron chi connectivity index (χ2n) is 8.01. The van der Waals surface area contributed by atoms with Crippen LogP contribution in [0.5, 0.6) is 0 Å². The van der Waals surface area contributed by atoms with Crippen molar-refractivity contribution in [2.45, 2.75) is 57.5 Å². The second-order valence-corrected chi connectivity index (χ2v) is 8.01. The molecular formula is C21H32N6. The van der Waals surface area contributed by atoms with Crippen molar-refractivity contribution in [1.82, 2.24) is 30.0 Å². The number of likely N-dealkylation sites (N-methyl/N-ethyl adjacent to an activating group) is 1. The summed E-state index contributed by atoms with van der Waals surface area (Å²) in [6, 6.07) is 10.5. The van der Waals surface area contributed by atoms with Gasteiger partial charge in [-0.05, 0) is 48.3 Å². The van der Waals surface area contributed by atoms with Crippen LogP contribution in [0.25, 0.3) is 0 Å². The van der Waals surface area contributed by atoms with Gasteiger partial charge in [0.05, 0.1) is 12.1 Å². The molecule has 2 fully saturated rings. The molecule has 0 N–H and O–H groups in total. The summed E-state index contributed by atoms with van der Waals surface area (Å²) in [7, 11) is 0. The van der Waals surface area contributed by atoms with Gasteiger partial charge in [-0.15, -0.1) is 5.10 Å². The van der Waals surface area contributed by atoms with E-state index < -0.39 is 0 Å². The Hall–Kier alpha value is -1.79. The zero-order chi connectivity index (χ0) is 18.5. The van der Waals surface area contributed by atoms with E-state index in [-0.39, 0.29) is 5.54 Å². The van der Waals surface area contributed by atoms with E-state index >= 15 is 0 Å². The van der Waals surface area contributed by atoms with E-state index in [2.05, 4.69) is 67.3 Å². The van der Waals surface area contributed by atoms with Crippen molar-refractivity contribution in [3.63, 3.8) is 0 Å². The molecule has 1 saturated heterocycles. The summed E-state index contributed by atoms with van der Waals surface area (Å²) in [5.74, 6) is 1.08. The summed E-state index contributed by atoms with van der Waals surface area (Å²) >= 11 is 0. The Balaban J connectivity index is 1.64. The Bertz CT molecular complexity index is 706. The lowest BCUT2D eigenvalue weighted by molar-refractivity contribution is 0.0384. The molecule has 6 nitrogen and oxygen atoms in total. The molecule has 0 radical (unpaired) electrons. The lowest BCUT2D eigenvalue weighted by atomic mass is 9.79. The van der Waals surface area contributed by atoms with Crippen LogP contribution in [0.1, 0.15) is 56.8 Å². The fraction of sp³-hybridized carbons (Fsp3) is 0.667. The van der Waals surface area contributed by atoms with Gasteiger partial charge in [0.2, 0.25) is 0 Å². The summed E-state index contributed by atoms with van der Waals surface area (Å²) in [6.45, 7) is 8.79. The van der Waals surface area contributed by atoms with Gasteiger partial charge in [-0.3, -0.25) is 4.90 Å². The SMILES string of the molecule is CCN1CCCN(C2(c3nnnn3Cc3ccccc3)CCCCC2)CC1. The van der Waals surface area contributed by atoms with Gasteiger partial charge in [-0.25, -0.2) is 4.68 Å². The summed E-state index contributed by atoms with van der Waals surface area (Å²) < 4.78 is 2.06. The molecule has 0 unspecified atom stereocenters. The molecule has 1 aliphatic heterocycles. The van der Waals surface area contributed by atoms with Crippen LogP contribution in [-0.4, -0.2) is 62.7 Å². The highest BCUT2D eigenvalue weighted by Gasteiger charge is 2.44. The molecule has 0 amide bonds. The molecule has 2 heterocycles. The first-order valence-electron chi connectivity index (χ1n) is 10.6. The smallest absolute Gasteiger partial charge is 0.171 e. The van der Waals surface area contributed by atoms with Gasteiger partial charge in [-0.1, -0.05) is 56.5 Å². The van der Waals surface area contributed by atoms with E-state index in [1.54, 1.807) is 0 Å². The maximum absolute atomic E-state index is 4.60. The molecule has 2 aliphatic rings. The van der Waals surface area contributed by atoms with Gasteiger partial charge in [0.25, 0.3) is 0 Å². The number of hydrogen-bond donors (Lipinski definition) is 0. The lowest BCUT2D eigenvalue weighted by Gasteiger charge is -2.45. The molecular weight excluding hydrogens is 336 g/mol. The number of benzene rings is 1. The number of nitrogens with zero attached hydrogens (tertiary/aromatic N) is 6. The molecule has 1 saturated carbocycles. The van der Waals surface area contributed by atoms with E-state index in [1.807, 2.05) is 0 Å². The van der Waals surface area contributed by atoms with Gasteiger partial charge in [0.1, 0.15) is 0 Å². The van der Waals surface area contributed by atoms with Crippen molar-refractivity contribution in [2.75, 3.05) is 32.7 Å². The molecule has 0 atom stereocenters. The van der Waals surface area contributed by atoms with Gasteiger partial charge < -0.3 is 4.90 Å². The largest absolute Gasteiger partial charge is 0.302 e. The first-order valence-corrected chi connectivity index (χ1v) is 10.6. The van der Waals surface area contributed by atoms with Crippen molar-refractivity contribution >= 4 is 0 Å². The van der Waals surface area contributed by atoms with Gasteiger partial charge in [0.15, 0.2) is 5.82 Å². The number of tetrazole rings is 1. The third-order valence-electron chi connectivity index (χ3n) is 6.45. The highest BCUT2D eigenvalue weighted by molar-refractivity contribution is 5.16. The Kier molecular flexibility index (Phi) is 5.83. The van der Waals surface area contributed by atoms with Gasteiger partial charge in [-0.2, -0.15) is 0 Å². The molecule has 146 valence electrons. The van der Waals surface area contributed by atoms with Crippen LogP contribution in [-0.2, 0) is 12.1 Å². The fourth-order valence-electron chi connectivity index (χ4n) is 4.93. The average Bonchev–Trinajstić information content (AvgIpc) is 3.05. The first kappa shape index (κ1) is 18.6. The second kappa shape index (κ2) is 8.48. The van der Waals surface area contributed by atoms with E-state index in [1.165, 1.54) is 50.6 Å². The quantitative estimate of drug-likeness (QED) is 0.812. The van der Waals surface area contributed by atoms with Crippen molar-refractivity contribution in [2.24, 2.45) is 0 Å². The van der Waals surface area contributed by atoms with Crippen molar-refractivity contribution in [1.29, 1.82) is 0 Å². The Labute approximate surface area is 162 Å². The maximum Gasteiger partial charge on any atom is 0.171 e. The van der Waals surface area contributed by atoms with Crippen molar-refractivity contribution < 1.29 is 0 Å². The predicted molar refractivity (Wildman–Crippen MR) is 106 cm³/mol. The molecule has 27 heavy (non-hydrogen) atoms. The number of hydrogen-bond acceptors (Lipinski definition) is 5. The lowest BCUT2D eigenvalue weighted by Crippen LogP contribution is -2.50. The minimum absolute atomic E-state index is 0.000280. The molecule has 0 bridgehead atoms. The van der Waals surface area contributed by atoms with Gasteiger partial charge >= 0.3 is 0 Å². The Morgan fingerprint density at radius 1 is 0.926 bits per heavy atom. The van der Waals surface area contributed by atoms with Gasteiger partial charge in [0, 0.05) is 19.6 Å². The summed E-state index contributed by atoms with van der Waals surface area (Å²) in [4.78, 5) is 5.29. The monoisotopic (exact) mass is 368 g/mol. The normalized spacial score (nSPS) is 21.8. The molecule has 1 aromatic heterocycles. The zero-order valence-electron chi connectivity index (χ0n) is 16.6. The molecule has 2 aromatic rings. The van der Waals surface area contributed by atoms with E-state index in [9.17, 15) is 0 Å². The average molecular weight is 369 g/mol. The zero-order valence-corrected chi connectivity index (χ0v) is 16.6. The molecule has 0 spiro atoms. The van der Waals surface area contributed by atoms with Crippen LogP contribution in [0.15, 0.2) is 30.3 Å². The Morgan fingerprint density at radius 3 is 2.52 bits per heavy atom. The van der Waals surface area contributed by atoms with E-state index in [4.69, 9.17) is 0 Å². The van der Waals surface area contributed by atoms with E-state index in [0.29, 0.717) is 0 Å². The fourth-order valence-corrected chi connectivity index (χ4v) is 4.93. The molecule has 1 aromatic carbocycles. The Morgan fingerprint density at radius 2 is 1.74 bits per heavy atom. The van der Waals surface area contributed by atoms with Crippen LogP contribution in [0.4, 0.5) is 0 Å². The maximum atomic E-state index is 4.60. The minimum Gasteiger partial charge on any atom is -0.302 e. The minimum atomic E-state index is 0.000280. The van der Waals surface area contributed by atoms with E-state index in [0.717, 1.165) is 38.5 Å². The van der Waals surface area contributed by atoms with Crippen LogP contribution in [0.2, 0.25) is 0 Å². The molecule has 1 aliphatic carbocycles. The van der Waals surface area contributed by atoms with Crippen LogP contribution < -0.4 is 0 Å². The predicted octanol–water partition coefficient (Wildman–Crippen LogP) is 2.91. The summed E-state index contributed by atoms with van der Waals surface area (Å²) in [5, 5.41) is 13.1. The standard InChI is InChI=1S/C21H32N6/c1-2-25-14-9-15-26(17-16-25)21(12-7-4-8-13-21)20-22-23-24-27(20)18-19-10-5-3-6-11-19/h3,5-6,10-11H,2,4,7-9,12-18H2,1H3. The third-order valence-corrected chi connectivity index (χ3v) is 6.45. The van der Waals surface area contributed by atoms with Crippen molar-refractivity contribution in [3.8, 4) is 0 Å². The topological polar surface area (TPSA) is 50.1 Å². The first-order chi connectivity index (χ1) is 13.3. The number of aromatic nitrogens is 4. The number of rotatable bonds is 5.